The van der Waals surface area contributed by atoms with Gasteiger partial charge in [-0.25, -0.2) is 14.3 Å². The van der Waals surface area contributed by atoms with Crippen molar-refractivity contribution in [3.8, 4) is 5.69 Å². The number of para-hydroxylation sites is 1. The monoisotopic (exact) mass is 375 g/mol. The van der Waals surface area contributed by atoms with Crippen LogP contribution in [-0.2, 0) is 4.79 Å². The quantitative estimate of drug-likeness (QED) is 0.689. The smallest absolute Gasteiger partial charge is 0.273 e. The Morgan fingerprint density at radius 2 is 2.04 bits per heavy atom. The fourth-order valence-corrected chi connectivity index (χ4v) is 2.45. The highest BCUT2D eigenvalue weighted by Gasteiger charge is 2.12. The van der Waals surface area contributed by atoms with E-state index in [4.69, 9.17) is 0 Å². The van der Waals surface area contributed by atoms with Crippen LogP contribution < -0.4 is 11.0 Å². The van der Waals surface area contributed by atoms with Gasteiger partial charge in [-0.05, 0) is 18.6 Å². The number of alkyl halides is 1. The van der Waals surface area contributed by atoms with E-state index < -0.39 is 0 Å². The lowest BCUT2D eigenvalue weighted by Gasteiger charge is -2.07. The lowest BCUT2D eigenvalue weighted by Crippen LogP contribution is -2.33. The highest BCUT2D eigenvalue weighted by atomic mass is 79.9. The number of amides is 1. The van der Waals surface area contributed by atoms with E-state index in [1.165, 1.54) is 12.5 Å². The molecule has 0 aliphatic rings. The molecule has 0 saturated carbocycles. The number of benzene rings is 1. The SMILES string of the molecule is O=C(CCCBr)Nn1cnc2c(cnn2-c2ccccc2)c1=O. The van der Waals surface area contributed by atoms with Gasteiger partial charge in [0.2, 0.25) is 5.91 Å². The number of rotatable bonds is 5. The number of carbonyl (C=O) groups is 1. The molecule has 0 spiro atoms. The van der Waals surface area contributed by atoms with Crippen LogP contribution in [0.15, 0.2) is 47.7 Å². The molecule has 0 aliphatic heterocycles. The molecule has 0 fully saturated rings. The average molecular weight is 376 g/mol. The number of fused-ring (bicyclic) bond motifs is 1. The first-order valence-electron chi connectivity index (χ1n) is 7.07. The minimum atomic E-state index is -0.357. The molecule has 0 bridgehead atoms. The van der Waals surface area contributed by atoms with E-state index in [0.717, 1.165) is 15.7 Å². The number of nitrogens with zero attached hydrogens (tertiary/aromatic N) is 4. The van der Waals surface area contributed by atoms with Crippen molar-refractivity contribution in [3.05, 3.63) is 53.2 Å². The number of hydrogen-bond donors (Lipinski definition) is 1. The van der Waals surface area contributed by atoms with E-state index in [9.17, 15) is 9.59 Å². The summed E-state index contributed by atoms with van der Waals surface area (Å²) in [4.78, 5) is 28.4. The molecule has 23 heavy (non-hydrogen) atoms. The molecule has 3 aromatic rings. The number of aromatic nitrogens is 4. The van der Waals surface area contributed by atoms with Crippen molar-refractivity contribution in [3.63, 3.8) is 0 Å². The summed E-state index contributed by atoms with van der Waals surface area (Å²) < 4.78 is 2.68. The summed E-state index contributed by atoms with van der Waals surface area (Å²) in [7, 11) is 0. The van der Waals surface area contributed by atoms with Crippen LogP contribution in [0.4, 0.5) is 0 Å². The molecule has 118 valence electrons. The second kappa shape index (κ2) is 6.74. The number of carbonyl (C=O) groups excluding carboxylic acids is 1. The summed E-state index contributed by atoms with van der Waals surface area (Å²) >= 11 is 3.26. The van der Waals surface area contributed by atoms with Gasteiger partial charge in [-0.15, -0.1) is 0 Å². The molecule has 2 aromatic heterocycles. The van der Waals surface area contributed by atoms with Gasteiger partial charge >= 0.3 is 0 Å². The van der Waals surface area contributed by atoms with Crippen LogP contribution in [0.25, 0.3) is 16.7 Å². The Bertz CT molecular complexity index is 888. The van der Waals surface area contributed by atoms with Crippen LogP contribution in [0.1, 0.15) is 12.8 Å². The Labute approximate surface area is 140 Å². The van der Waals surface area contributed by atoms with E-state index in [-0.39, 0.29) is 11.5 Å². The van der Waals surface area contributed by atoms with E-state index in [0.29, 0.717) is 23.9 Å². The molecule has 0 atom stereocenters. The van der Waals surface area contributed by atoms with Gasteiger partial charge in [0, 0.05) is 11.8 Å². The van der Waals surface area contributed by atoms with Crippen molar-refractivity contribution in [2.24, 2.45) is 0 Å². The molecule has 1 N–H and O–H groups in total. The second-order valence-electron chi connectivity index (χ2n) is 4.88. The van der Waals surface area contributed by atoms with Gasteiger partial charge in [-0.2, -0.15) is 5.10 Å². The molecule has 0 saturated heterocycles. The lowest BCUT2D eigenvalue weighted by molar-refractivity contribution is -0.117. The topological polar surface area (TPSA) is 81.8 Å². The van der Waals surface area contributed by atoms with Crippen LogP contribution in [0, 0.1) is 0 Å². The molecule has 1 amide bonds. The van der Waals surface area contributed by atoms with Gasteiger partial charge < -0.3 is 0 Å². The zero-order chi connectivity index (χ0) is 16.2. The largest absolute Gasteiger partial charge is 0.283 e. The maximum absolute atomic E-state index is 12.4. The Kier molecular flexibility index (Phi) is 4.52. The van der Waals surface area contributed by atoms with Gasteiger partial charge in [0.25, 0.3) is 5.56 Å². The first-order chi connectivity index (χ1) is 11.2. The minimum absolute atomic E-state index is 0.233. The summed E-state index contributed by atoms with van der Waals surface area (Å²) in [6, 6.07) is 9.42. The van der Waals surface area contributed by atoms with E-state index in [2.05, 4.69) is 31.4 Å². The zero-order valence-electron chi connectivity index (χ0n) is 12.1. The van der Waals surface area contributed by atoms with Crippen molar-refractivity contribution >= 4 is 32.9 Å². The summed E-state index contributed by atoms with van der Waals surface area (Å²) in [5.41, 5.74) is 3.44. The second-order valence-corrected chi connectivity index (χ2v) is 5.67. The fraction of sp³-hybridized carbons (Fsp3) is 0.200. The van der Waals surface area contributed by atoms with Crippen molar-refractivity contribution in [2.75, 3.05) is 10.8 Å². The molecule has 8 heteroatoms. The highest BCUT2D eigenvalue weighted by Crippen LogP contribution is 2.12. The third kappa shape index (κ3) is 3.16. The van der Waals surface area contributed by atoms with Crippen LogP contribution in [0.2, 0.25) is 0 Å². The highest BCUT2D eigenvalue weighted by molar-refractivity contribution is 9.09. The molecule has 0 aliphatic carbocycles. The molecule has 2 heterocycles. The van der Waals surface area contributed by atoms with Crippen molar-refractivity contribution in [1.29, 1.82) is 0 Å². The molecule has 0 radical (unpaired) electrons. The molecule has 3 rings (SSSR count). The van der Waals surface area contributed by atoms with Gasteiger partial charge in [0.1, 0.15) is 11.7 Å². The summed E-state index contributed by atoms with van der Waals surface area (Å²) in [6.45, 7) is 0. The Balaban J connectivity index is 1.95. The predicted molar refractivity (Wildman–Crippen MR) is 90.5 cm³/mol. The molecule has 7 nitrogen and oxygen atoms in total. The standard InChI is InChI=1S/C15H14BrN5O2/c16-8-4-7-13(22)19-20-10-17-14-12(15(20)23)9-18-21(14)11-5-2-1-3-6-11/h1-3,5-6,9-10H,4,7-8H2,(H,19,22). The van der Waals surface area contributed by atoms with Gasteiger partial charge in [-0.1, -0.05) is 34.1 Å². The third-order valence-corrected chi connectivity index (χ3v) is 3.83. The predicted octanol–water partition coefficient (Wildman–Crippen LogP) is 1.83. The van der Waals surface area contributed by atoms with Gasteiger partial charge in [0.05, 0.1) is 11.9 Å². The van der Waals surface area contributed by atoms with E-state index >= 15 is 0 Å². The third-order valence-electron chi connectivity index (χ3n) is 3.27. The van der Waals surface area contributed by atoms with Crippen LogP contribution >= 0.6 is 15.9 Å². The Morgan fingerprint density at radius 3 is 2.78 bits per heavy atom. The van der Waals surface area contributed by atoms with Crippen LogP contribution in [0.5, 0.6) is 0 Å². The maximum Gasteiger partial charge on any atom is 0.283 e. The maximum atomic E-state index is 12.4. The van der Waals surface area contributed by atoms with E-state index in [1.54, 1.807) is 4.68 Å². The van der Waals surface area contributed by atoms with Crippen molar-refractivity contribution < 1.29 is 4.79 Å². The zero-order valence-corrected chi connectivity index (χ0v) is 13.7. The van der Waals surface area contributed by atoms with Gasteiger partial charge in [-0.3, -0.25) is 15.0 Å². The van der Waals surface area contributed by atoms with Crippen molar-refractivity contribution in [1.82, 2.24) is 19.4 Å². The average Bonchev–Trinajstić information content (AvgIpc) is 3.01. The summed E-state index contributed by atoms with van der Waals surface area (Å²) in [5, 5.41) is 5.30. The number of hydrogen-bond acceptors (Lipinski definition) is 4. The Hall–Kier alpha value is -2.48. The van der Waals surface area contributed by atoms with Gasteiger partial charge in [0.15, 0.2) is 5.65 Å². The van der Waals surface area contributed by atoms with Crippen LogP contribution in [-0.4, -0.2) is 30.7 Å². The first-order valence-corrected chi connectivity index (χ1v) is 8.19. The number of nitrogens with one attached hydrogen (secondary N) is 1. The Morgan fingerprint density at radius 1 is 1.26 bits per heavy atom. The van der Waals surface area contributed by atoms with Crippen molar-refractivity contribution in [2.45, 2.75) is 12.8 Å². The lowest BCUT2D eigenvalue weighted by atomic mass is 10.3. The molecule has 1 aromatic carbocycles. The molecule has 0 unspecified atom stereocenters. The normalized spacial score (nSPS) is 10.8. The minimum Gasteiger partial charge on any atom is -0.273 e. The summed E-state index contributed by atoms with van der Waals surface area (Å²) in [5.74, 6) is -0.233. The molecular formula is C15H14BrN5O2. The van der Waals surface area contributed by atoms with Crippen LogP contribution in [0.3, 0.4) is 0 Å². The van der Waals surface area contributed by atoms with E-state index in [1.807, 2.05) is 30.3 Å². The first kappa shape index (κ1) is 15.4. The summed E-state index contributed by atoms with van der Waals surface area (Å²) in [6.07, 6.45) is 3.79. The molecular weight excluding hydrogens is 362 g/mol. The number of halogens is 1. The fourth-order valence-electron chi connectivity index (χ4n) is 2.17.